The molecule has 0 unspecified atom stereocenters. The summed E-state index contributed by atoms with van der Waals surface area (Å²) in [5.41, 5.74) is 9.48. The molecule has 3 aliphatic rings. The molecule has 2 aromatic carbocycles. The molecule has 0 radical (unpaired) electrons. The van der Waals surface area contributed by atoms with E-state index < -0.39 is 11.5 Å². The van der Waals surface area contributed by atoms with Crippen molar-refractivity contribution in [1.82, 2.24) is 4.90 Å². The first-order valence-electron chi connectivity index (χ1n) is 10.4. The zero-order valence-corrected chi connectivity index (χ0v) is 16.4. The van der Waals surface area contributed by atoms with Crippen LogP contribution < -0.4 is 5.73 Å². The van der Waals surface area contributed by atoms with Crippen LogP contribution in [0, 0.1) is 5.41 Å². The smallest absolute Gasteiger partial charge is 0.335 e. The first-order chi connectivity index (χ1) is 13.9. The molecule has 150 valence electrons. The van der Waals surface area contributed by atoms with E-state index in [1.807, 2.05) is 11.0 Å². The molecule has 2 aliphatic carbocycles. The molecule has 5 rings (SSSR count). The lowest BCUT2D eigenvalue weighted by atomic mass is 9.88. The molecular formula is C24H26N2O3. The van der Waals surface area contributed by atoms with E-state index in [-0.39, 0.29) is 5.91 Å². The highest BCUT2D eigenvalue weighted by Gasteiger charge is 2.57. The third-order valence-electron chi connectivity index (χ3n) is 7.21. The lowest BCUT2D eigenvalue weighted by Crippen LogP contribution is -2.49. The Kier molecular flexibility index (Phi) is 4.07. The van der Waals surface area contributed by atoms with Crippen molar-refractivity contribution in [3.8, 4) is 11.1 Å². The molecule has 2 aromatic rings. The maximum absolute atomic E-state index is 12.5. The first kappa shape index (κ1) is 18.4. The molecule has 29 heavy (non-hydrogen) atoms. The van der Waals surface area contributed by atoms with Gasteiger partial charge in [0.05, 0.1) is 11.1 Å². The van der Waals surface area contributed by atoms with Crippen LogP contribution in [0.3, 0.4) is 0 Å². The van der Waals surface area contributed by atoms with Gasteiger partial charge in [0.2, 0.25) is 5.91 Å². The van der Waals surface area contributed by atoms with E-state index in [0.29, 0.717) is 16.9 Å². The second-order valence-electron chi connectivity index (χ2n) is 9.08. The molecule has 1 spiro atoms. The number of rotatable bonds is 4. The van der Waals surface area contributed by atoms with E-state index >= 15 is 0 Å². The van der Waals surface area contributed by atoms with E-state index in [9.17, 15) is 14.7 Å². The monoisotopic (exact) mass is 390 g/mol. The van der Waals surface area contributed by atoms with Crippen LogP contribution in [0.2, 0.25) is 0 Å². The molecule has 5 heteroatoms. The molecule has 1 saturated heterocycles. The maximum atomic E-state index is 12.5. The van der Waals surface area contributed by atoms with E-state index in [4.69, 9.17) is 5.73 Å². The van der Waals surface area contributed by atoms with Gasteiger partial charge in [-0.2, -0.15) is 0 Å². The van der Waals surface area contributed by atoms with E-state index in [1.165, 1.54) is 12.0 Å². The van der Waals surface area contributed by atoms with E-state index in [0.717, 1.165) is 49.9 Å². The van der Waals surface area contributed by atoms with Crippen molar-refractivity contribution < 1.29 is 14.7 Å². The molecule has 1 aliphatic heterocycles. The standard InChI is InChI=1S/C24H26N2O3/c25-24(8-9-24)22(29)26-12-10-23(11-13-26)15-20(23)17-6-4-16(5-7-17)18-2-1-3-19(14-18)21(27)28/h1-7,14,20H,8-13,15,25H2,(H,27,28)/t20-/m1/s1. The number of likely N-dealkylation sites (tertiary alicyclic amines) is 1. The summed E-state index contributed by atoms with van der Waals surface area (Å²) >= 11 is 0. The van der Waals surface area contributed by atoms with Crippen molar-refractivity contribution in [1.29, 1.82) is 0 Å². The van der Waals surface area contributed by atoms with Gasteiger partial charge in [-0.1, -0.05) is 36.4 Å². The van der Waals surface area contributed by atoms with Gasteiger partial charge in [-0.25, -0.2) is 4.79 Å². The number of amides is 1. The topological polar surface area (TPSA) is 83.6 Å². The van der Waals surface area contributed by atoms with Gasteiger partial charge in [0.25, 0.3) is 0 Å². The van der Waals surface area contributed by atoms with Crippen LogP contribution in [0.15, 0.2) is 48.5 Å². The molecule has 2 saturated carbocycles. The second kappa shape index (κ2) is 6.42. The summed E-state index contributed by atoms with van der Waals surface area (Å²) < 4.78 is 0. The van der Waals surface area contributed by atoms with Crippen LogP contribution in [0.5, 0.6) is 0 Å². The number of nitrogens with zero attached hydrogens (tertiary/aromatic N) is 1. The average Bonchev–Trinajstić information content (AvgIpc) is 3.66. The fourth-order valence-corrected chi connectivity index (χ4v) is 4.93. The Balaban J connectivity index is 1.25. The van der Waals surface area contributed by atoms with Crippen molar-refractivity contribution >= 4 is 11.9 Å². The molecule has 1 amide bonds. The van der Waals surface area contributed by atoms with Gasteiger partial charge in [0, 0.05) is 13.1 Å². The average molecular weight is 390 g/mol. The highest BCUT2D eigenvalue weighted by atomic mass is 16.4. The Labute approximate surface area is 170 Å². The minimum absolute atomic E-state index is 0.150. The van der Waals surface area contributed by atoms with Crippen molar-refractivity contribution in [2.24, 2.45) is 11.1 Å². The second-order valence-corrected chi connectivity index (χ2v) is 9.08. The minimum Gasteiger partial charge on any atom is -0.478 e. The molecule has 3 N–H and O–H groups in total. The number of carboxylic acids is 1. The fourth-order valence-electron chi connectivity index (χ4n) is 4.93. The highest BCUT2D eigenvalue weighted by molar-refractivity contribution is 5.89. The minimum atomic E-state index is -0.907. The van der Waals surface area contributed by atoms with Gasteiger partial charge in [0.1, 0.15) is 0 Å². The van der Waals surface area contributed by atoms with E-state index in [1.54, 1.807) is 18.2 Å². The Morgan fingerprint density at radius 3 is 2.28 bits per heavy atom. The summed E-state index contributed by atoms with van der Waals surface area (Å²) in [6.07, 6.45) is 4.97. The normalized spacial score (nSPS) is 23.6. The zero-order valence-electron chi connectivity index (χ0n) is 16.4. The third-order valence-corrected chi connectivity index (χ3v) is 7.21. The predicted octanol–water partition coefficient (Wildman–Crippen LogP) is 3.64. The lowest BCUT2D eigenvalue weighted by Gasteiger charge is -2.34. The van der Waals surface area contributed by atoms with Crippen LogP contribution >= 0.6 is 0 Å². The maximum Gasteiger partial charge on any atom is 0.335 e. The number of piperidine rings is 1. The van der Waals surface area contributed by atoms with E-state index in [2.05, 4.69) is 24.3 Å². The van der Waals surface area contributed by atoms with Crippen LogP contribution in [0.1, 0.15) is 53.9 Å². The number of carbonyl (C=O) groups excluding carboxylic acids is 1. The van der Waals surface area contributed by atoms with Gasteiger partial charge in [0.15, 0.2) is 0 Å². The van der Waals surface area contributed by atoms with Crippen molar-refractivity contribution in [3.63, 3.8) is 0 Å². The highest BCUT2D eigenvalue weighted by Crippen LogP contribution is 2.65. The van der Waals surface area contributed by atoms with Crippen LogP contribution in [-0.2, 0) is 4.79 Å². The predicted molar refractivity (Wildman–Crippen MR) is 111 cm³/mol. The zero-order chi connectivity index (χ0) is 20.2. The van der Waals surface area contributed by atoms with Crippen LogP contribution in [0.4, 0.5) is 0 Å². The van der Waals surface area contributed by atoms with Crippen LogP contribution in [0.25, 0.3) is 11.1 Å². The number of hydrogen-bond acceptors (Lipinski definition) is 3. The summed E-state index contributed by atoms with van der Waals surface area (Å²) in [4.78, 5) is 25.6. The van der Waals surface area contributed by atoms with Gasteiger partial charge in [-0.3, -0.25) is 4.79 Å². The Bertz CT molecular complexity index is 970. The molecule has 0 bridgehead atoms. The van der Waals surface area contributed by atoms with Gasteiger partial charge >= 0.3 is 5.97 Å². The SMILES string of the molecule is NC1(C(=O)N2CCC3(CC2)C[C@@H]3c2ccc(-c3cccc(C(=O)O)c3)cc2)CC1. The molecular weight excluding hydrogens is 364 g/mol. The summed E-state index contributed by atoms with van der Waals surface area (Å²) in [6, 6.07) is 15.6. The summed E-state index contributed by atoms with van der Waals surface area (Å²) in [5, 5.41) is 9.19. The quantitative estimate of drug-likeness (QED) is 0.835. The van der Waals surface area contributed by atoms with Crippen molar-refractivity contribution in [2.45, 2.75) is 43.6 Å². The number of nitrogens with two attached hydrogens (primary N) is 1. The van der Waals surface area contributed by atoms with Gasteiger partial charge in [-0.15, -0.1) is 0 Å². The first-order valence-corrected chi connectivity index (χ1v) is 10.4. The number of carboxylic acid groups (broad SMARTS) is 1. The van der Waals surface area contributed by atoms with Crippen molar-refractivity contribution in [2.75, 3.05) is 13.1 Å². The van der Waals surface area contributed by atoms with Crippen molar-refractivity contribution in [3.05, 3.63) is 59.7 Å². The number of carbonyl (C=O) groups is 2. The number of hydrogen-bond donors (Lipinski definition) is 2. The van der Waals surface area contributed by atoms with Gasteiger partial charge < -0.3 is 15.7 Å². The summed E-state index contributed by atoms with van der Waals surface area (Å²) in [5.74, 6) is -0.195. The molecule has 1 atom stereocenters. The molecule has 3 fully saturated rings. The Morgan fingerprint density at radius 1 is 0.966 bits per heavy atom. The molecule has 5 nitrogen and oxygen atoms in total. The molecule has 1 heterocycles. The fraction of sp³-hybridized carbons (Fsp3) is 0.417. The van der Waals surface area contributed by atoms with Crippen LogP contribution in [-0.4, -0.2) is 40.5 Å². The number of benzene rings is 2. The summed E-state index contributed by atoms with van der Waals surface area (Å²) in [7, 11) is 0. The summed E-state index contributed by atoms with van der Waals surface area (Å²) in [6.45, 7) is 1.66. The number of aromatic carboxylic acids is 1. The Morgan fingerprint density at radius 2 is 1.66 bits per heavy atom. The lowest BCUT2D eigenvalue weighted by molar-refractivity contribution is -0.135. The largest absolute Gasteiger partial charge is 0.478 e. The third kappa shape index (κ3) is 3.23. The Hall–Kier alpha value is -2.66. The molecule has 0 aromatic heterocycles. The van der Waals surface area contributed by atoms with Gasteiger partial charge in [-0.05, 0) is 72.3 Å².